The number of rotatable bonds is 7. The number of nitrogens with one attached hydrogen (secondary N) is 2. The minimum Gasteiger partial charge on any atom is -0.382 e. The van der Waals surface area contributed by atoms with Gasteiger partial charge in [-0.2, -0.15) is 9.97 Å². The number of anilines is 5. The number of morpholine rings is 1. The maximum atomic E-state index is 5.88. The Morgan fingerprint density at radius 2 is 1.87 bits per heavy atom. The van der Waals surface area contributed by atoms with E-state index in [0.29, 0.717) is 6.04 Å². The third-order valence-corrected chi connectivity index (χ3v) is 5.39. The van der Waals surface area contributed by atoms with Gasteiger partial charge in [-0.1, -0.05) is 13.0 Å². The van der Waals surface area contributed by atoms with Crippen molar-refractivity contribution in [2.45, 2.75) is 59.3 Å². The first-order valence-electron chi connectivity index (χ1n) is 10.9. The summed E-state index contributed by atoms with van der Waals surface area (Å²) < 4.78 is 5.88. The SMILES string of the molecule is CCC(C)Nc1cc(Nc2cc(N(C)C)nc(N3CC(C)OC(C)C3)n2)ccc1C. The molecule has 2 aromatic rings. The van der Waals surface area contributed by atoms with Gasteiger partial charge < -0.3 is 25.2 Å². The van der Waals surface area contributed by atoms with E-state index in [1.54, 1.807) is 0 Å². The van der Waals surface area contributed by atoms with E-state index in [1.165, 1.54) is 5.56 Å². The average Bonchev–Trinajstić information content (AvgIpc) is 2.69. The van der Waals surface area contributed by atoms with E-state index in [-0.39, 0.29) is 12.2 Å². The molecule has 7 heteroatoms. The van der Waals surface area contributed by atoms with Gasteiger partial charge in [-0.15, -0.1) is 0 Å². The number of aryl methyl sites for hydroxylation is 1. The van der Waals surface area contributed by atoms with Crippen molar-refractivity contribution in [3.63, 3.8) is 0 Å². The van der Waals surface area contributed by atoms with Crippen molar-refractivity contribution in [1.29, 1.82) is 0 Å². The summed E-state index contributed by atoms with van der Waals surface area (Å²) in [4.78, 5) is 13.8. The summed E-state index contributed by atoms with van der Waals surface area (Å²) in [5.74, 6) is 2.39. The van der Waals surface area contributed by atoms with E-state index in [1.807, 2.05) is 25.1 Å². The highest BCUT2D eigenvalue weighted by molar-refractivity contribution is 5.67. The maximum absolute atomic E-state index is 5.88. The van der Waals surface area contributed by atoms with Crippen molar-refractivity contribution in [2.24, 2.45) is 0 Å². The van der Waals surface area contributed by atoms with E-state index in [2.05, 4.69) is 68.4 Å². The molecule has 0 bridgehead atoms. The van der Waals surface area contributed by atoms with Crippen molar-refractivity contribution < 1.29 is 4.74 Å². The molecule has 1 aromatic carbocycles. The predicted molar refractivity (Wildman–Crippen MR) is 126 cm³/mol. The van der Waals surface area contributed by atoms with Crippen LogP contribution in [0.4, 0.5) is 29.0 Å². The topological polar surface area (TPSA) is 65.5 Å². The van der Waals surface area contributed by atoms with Crippen molar-refractivity contribution in [3.8, 4) is 0 Å². The zero-order chi connectivity index (χ0) is 21.8. The second-order valence-electron chi connectivity index (χ2n) is 8.58. The van der Waals surface area contributed by atoms with Gasteiger partial charge in [-0.05, 0) is 51.8 Å². The van der Waals surface area contributed by atoms with Crippen LogP contribution >= 0.6 is 0 Å². The van der Waals surface area contributed by atoms with E-state index in [9.17, 15) is 0 Å². The van der Waals surface area contributed by atoms with Crippen molar-refractivity contribution in [1.82, 2.24) is 9.97 Å². The van der Waals surface area contributed by atoms with Gasteiger partial charge in [0.05, 0.1) is 12.2 Å². The molecule has 0 saturated carbocycles. The van der Waals surface area contributed by atoms with E-state index < -0.39 is 0 Å². The second-order valence-corrected chi connectivity index (χ2v) is 8.58. The average molecular weight is 413 g/mol. The summed E-state index contributed by atoms with van der Waals surface area (Å²) in [7, 11) is 4.00. The molecule has 0 spiro atoms. The van der Waals surface area contributed by atoms with E-state index in [4.69, 9.17) is 14.7 Å². The minimum atomic E-state index is 0.156. The van der Waals surface area contributed by atoms with Gasteiger partial charge in [0.1, 0.15) is 11.6 Å². The molecule has 0 amide bonds. The molecule has 1 aliphatic rings. The third kappa shape index (κ3) is 5.53. The van der Waals surface area contributed by atoms with Crippen LogP contribution in [0.3, 0.4) is 0 Å². The number of hydrogen-bond donors (Lipinski definition) is 2. The number of hydrogen-bond acceptors (Lipinski definition) is 7. The van der Waals surface area contributed by atoms with Crippen molar-refractivity contribution in [3.05, 3.63) is 29.8 Å². The van der Waals surface area contributed by atoms with Crippen LogP contribution in [-0.4, -0.2) is 55.4 Å². The Labute approximate surface area is 180 Å². The Balaban J connectivity index is 1.88. The summed E-state index contributed by atoms with van der Waals surface area (Å²) in [6.45, 7) is 12.3. The van der Waals surface area contributed by atoms with Gasteiger partial charge in [0.25, 0.3) is 0 Å². The quantitative estimate of drug-likeness (QED) is 0.698. The fourth-order valence-electron chi connectivity index (χ4n) is 3.57. The number of nitrogens with zero attached hydrogens (tertiary/aromatic N) is 4. The van der Waals surface area contributed by atoms with Crippen LogP contribution in [0, 0.1) is 6.92 Å². The van der Waals surface area contributed by atoms with Crippen molar-refractivity contribution >= 4 is 29.0 Å². The molecular formula is C23H36N6O. The molecular weight excluding hydrogens is 376 g/mol. The number of aromatic nitrogens is 2. The summed E-state index contributed by atoms with van der Waals surface area (Å²) >= 11 is 0. The van der Waals surface area contributed by atoms with Crippen LogP contribution in [0.2, 0.25) is 0 Å². The highest BCUT2D eigenvalue weighted by atomic mass is 16.5. The molecule has 3 rings (SSSR count). The zero-order valence-electron chi connectivity index (χ0n) is 19.4. The van der Waals surface area contributed by atoms with Gasteiger partial charge in [-0.3, -0.25) is 0 Å². The lowest BCUT2D eigenvalue weighted by Gasteiger charge is -2.35. The summed E-state index contributed by atoms with van der Waals surface area (Å²) in [5.41, 5.74) is 3.38. The number of benzene rings is 1. The smallest absolute Gasteiger partial charge is 0.229 e. The van der Waals surface area contributed by atoms with Gasteiger partial charge >= 0.3 is 0 Å². The lowest BCUT2D eigenvalue weighted by molar-refractivity contribution is -0.00570. The summed E-state index contributed by atoms with van der Waals surface area (Å²) in [6, 6.07) is 8.78. The molecule has 1 aliphatic heterocycles. The van der Waals surface area contributed by atoms with Gasteiger partial charge in [0.2, 0.25) is 5.95 Å². The minimum absolute atomic E-state index is 0.156. The highest BCUT2D eigenvalue weighted by Gasteiger charge is 2.25. The van der Waals surface area contributed by atoms with Crippen LogP contribution in [0.25, 0.3) is 0 Å². The Hall–Kier alpha value is -2.54. The summed E-state index contributed by atoms with van der Waals surface area (Å²) in [6.07, 6.45) is 1.39. The zero-order valence-corrected chi connectivity index (χ0v) is 19.4. The standard InChI is InChI=1S/C23H36N6O/c1-8-16(3)24-20-11-19(10-9-15(20)2)25-21-12-22(28(6)7)27-23(26-21)29-13-17(4)30-18(5)14-29/h9-12,16-18,24H,8,13-14H2,1-7H3,(H,25,26,27). The Kier molecular flexibility index (Phi) is 7.02. The molecule has 7 nitrogen and oxygen atoms in total. The molecule has 3 unspecified atom stereocenters. The van der Waals surface area contributed by atoms with Gasteiger partial charge in [-0.25, -0.2) is 0 Å². The lowest BCUT2D eigenvalue weighted by Crippen LogP contribution is -2.46. The monoisotopic (exact) mass is 412 g/mol. The maximum Gasteiger partial charge on any atom is 0.229 e. The fourth-order valence-corrected chi connectivity index (χ4v) is 3.57. The highest BCUT2D eigenvalue weighted by Crippen LogP contribution is 2.27. The molecule has 1 aromatic heterocycles. The molecule has 1 fully saturated rings. The van der Waals surface area contributed by atoms with Gasteiger partial charge in [0, 0.05) is 50.7 Å². The van der Waals surface area contributed by atoms with Crippen molar-refractivity contribution in [2.75, 3.05) is 47.6 Å². The van der Waals surface area contributed by atoms with E-state index in [0.717, 1.165) is 48.5 Å². The predicted octanol–water partition coefficient (Wildman–Crippen LogP) is 4.42. The molecule has 2 N–H and O–H groups in total. The summed E-state index contributed by atoms with van der Waals surface area (Å²) in [5, 5.41) is 7.07. The Bertz CT molecular complexity index is 846. The molecule has 0 aliphatic carbocycles. The van der Waals surface area contributed by atoms with Crippen LogP contribution < -0.4 is 20.4 Å². The van der Waals surface area contributed by atoms with E-state index >= 15 is 0 Å². The number of ether oxygens (including phenoxy) is 1. The molecule has 0 radical (unpaired) electrons. The first kappa shape index (κ1) is 22.2. The molecule has 164 valence electrons. The van der Waals surface area contributed by atoms with Crippen LogP contribution in [0.5, 0.6) is 0 Å². The van der Waals surface area contributed by atoms with Gasteiger partial charge in [0.15, 0.2) is 0 Å². The molecule has 2 heterocycles. The molecule has 3 atom stereocenters. The third-order valence-electron chi connectivity index (χ3n) is 5.39. The Morgan fingerprint density at radius 1 is 1.17 bits per heavy atom. The first-order chi connectivity index (χ1) is 14.2. The first-order valence-corrected chi connectivity index (χ1v) is 10.9. The normalized spacial score (nSPS) is 20.0. The molecule has 1 saturated heterocycles. The van der Waals surface area contributed by atoms with Crippen LogP contribution in [-0.2, 0) is 4.74 Å². The van der Waals surface area contributed by atoms with Crippen LogP contribution in [0.15, 0.2) is 24.3 Å². The largest absolute Gasteiger partial charge is 0.382 e. The fraction of sp³-hybridized carbons (Fsp3) is 0.565. The lowest BCUT2D eigenvalue weighted by atomic mass is 10.1. The molecule has 30 heavy (non-hydrogen) atoms. The second kappa shape index (κ2) is 9.51. The Morgan fingerprint density at radius 3 is 2.50 bits per heavy atom. The van der Waals surface area contributed by atoms with Crippen LogP contribution in [0.1, 0.15) is 39.7 Å².